The van der Waals surface area contributed by atoms with E-state index in [2.05, 4.69) is 15.9 Å². The van der Waals surface area contributed by atoms with E-state index in [1.54, 1.807) is 23.4 Å². The van der Waals surface area contributed by atoms with E-state index in [1.807, 2.05) is 37.3 Å². The fourth-order valence-electron chi connectivity index (χ4n) is 3.09. The smallest absolute Gasteiger partial charge is 0.244 e. The molecule has 0 aliphatic heterocycles. The largest absolute Gasteiger partial charge is 0.398 e. The summed E-state index contributed by atoms with van der Waals surface area (Å²) in [6, 6.07) is 13.1. The Labute approximate surface area is 158 Å². The molecule has 1 saturated carbocycles. The topological polar surface area (TPSA) is 63.4 Å². The average molecular weight is 423 g/mol. The van der Waals surface area contributed by atoms with Crippen LogP contribution in [-0.4, -0.2) is 18.8 Å². The Kier molecular flexibility index (Phi) is 5.23. The first kappa shape index (κ1) is 18.4. The first-order valence-corrected chi connectivity index (χ1v) is 10.7. The minimum Gasteiger partial charge on any atom is -0.398 e. The van der Waals surface area contributed by atoms with Crippen LogP contribution < -0.4 is 5.73 Å². The van der Waals surface area contributed by atoms with Gasteiger partial charge in [0, 0.05) is 22.7 Å². The fraction of sp³-hybridized carbons (Fsp3) is 0.368. The van der Waals surface area contributed by atoms with Crippen molar-refractivity contribution in [3.8, 4) is 0 Å². The Balaban J connectivity index is 2.05. The van der Waals surface area contributed by atoms with E-state index in [-0.39, 0.29) is 10.9 Å². The highest BCUT2D eigenvalue weighted by Gasteiger charge is 2.39. The van der Waals surface area contributed by atoms with Crippen LogP contribution in [0.5, 0.6) is 0 Å². The molecule has 0 spiro atoms. The molecule has 25 heavy (non-hydrogen) atoms. The van der Waals surface area contributed by atoms with Crippen LogP contribution in [0.2, 0.25) is 0 Å². The van der Waals surface area contributed by atoms with E-state index in [4.69, 9.17) is 5.73 Å². The number of benzene rings is 2. The molecule has 0 saturated heterocycles. The van der Waals surface area contributed by atoms with E-state index in [0.29, 0.717) is 28.2 Å². The molecule has 6 heteroatoms. The van der Waals surface area contributed by atoms with Crippen LogP contribution in [-0.2, 0) is 16.6 Å². The standard InChI is InChI=1S/C19H23BrN2O2S/c1-13-18(21)10-17(20)11-19(13)25(23,24)22(14(2)16-8-9-16)12-15-6-4-3-5-7-15/h3-7,10-11,14,16H,8-9,12,21H2,1-2H3. The van der Waals surface area contributed by atoms with Crippen molar-refractivity contribution < 1.29 is 8.42 Å². The summed E-state index contributed by atoms with van der Waals surface area (Å²) in [7, 11) is -3.66. The van der Waals surface area contributed by atoms with Crippen molar-refractivity contribution in [3.63, 3.8) is 0 Å². The number of hydrogen-bond donors (Lipinski definition) is 1. The minimum atomic E-state index is -3.66. The summed E-state index contributed by atoms with van der Waals surface area (Å²) in [5.41, 5.74) is 8.07. The van der Waals surface area contributed by atoms with Crippen molar-refractivity contribution in [1.29, 1.82) is 0 Å². The van der Waals surface area contributed by atoms with Gasteiger partial charge in [0.05, 0.1) is 4.90 Å². The lowest BCUT2D eigenvalue weighted by Crippen LogP contribution is -2.39. The Bertz CT molecular complexity index is 864. The number of halogens is 1. The normalized spacial score (nSPS) is 16.2. The summed E-state index contributed by atoms with van der Waals surface area (Å²) in [4.78, 5) is 0.280. The predicted octanol–water partition coefficient (Wildman–Crippen LogP) is 4.33. The van der Waals surface area contributed by atoms with Crippen LogP contribution in [0.25, 0.3) is 0 Å². The SMILES string of the molecule is Cc1c(N)cc(Br)cc1S(=O)(=O)N(Cc1ccccc1)C(C)C1CC1. The molecule has 0 aromatic heterocycles. The summed E-state index contributed by atoms with van der Waals surface area (Å²) in [6.07, 6.45) is 2.17. The van der Waals surface area contributed by atoms with Crippen LogP contribution in [0.15, 0.2) is 51.8 Å². The summed E-state index contributed by atoms with van der Waals surface area (Å²) < 4.78 is 29.3. The Morgan fingerprint density at radius 1 is 1.24 bits per heavy atom. The van der Waals surface area contributed by atoms with Gasteiger partial charge in [-0.1, -0.05) is 46.3 Å². The quantitative estimate of drug-likeness (QED) is 0.704. The monoisotopic (exact) mass is 422 g/mol. The van der Waals surface area contributed by atoms with Crippen molar-refractivity contribution >= 4 is 31.6 Å². The zero-order valence-corrected chi connectivity index (χ0v) is 16.8. The Morgan fingerprint density at radius 3 is 2.48 bits per heavy atom. The van der Waals surface area contributed by atoms with Crippen LogP contribution in [0.1, 0.15) is 30.9 Å². The van der Waals surface area contributed by atoms with Gasteiger partial charge in [0.2, 0.25) is 10.0 Å². The van der Waals surface area contributed by atoms with Crippen LogP contribution in [0.4, 0.5) is 5.69 Å². The molecule has 2 aromatic rings. The van der Waals surface area contributed by atoms with E-state index < -0.39 is 10.0 Å². The van der Waals surface area contributed by atoms with Crippen molar-refractivity contribution in [1.82, 2.24) is 4.31 Å². The molecule has 0 heterocycles. The number of rotatable bonds is 6. The second-order valence-electron chi connectivity index (χ2n) is 6.73. The van der Waals surface area contributed by atoms with Gasteiger partial charge < -0.3 is 5.73 Å². The molecule has 2 N–H and O–H groups in total. The maximum absolute atomic E-state index is 13.5. The number of nitrogens with two attached hydrogens (primary N) is 1. The molecule has 2 aromatic carbocycles. The summed E-state index contributed by atoms with van der Waals surface area (Å²) >= 11 is 3.37. The van der Waals surface area contributed by atoms with Gasteiger partial charge in [0.1, 0.15) is 0 Å². The van der Waals surface area contributed by atoms with Crippen molar-refractivity contribution in [3.05, 3.63) is 58.1 Å². The Hall–Kier alpha value is -1.37. The maximum Gasteiger partial charge on any atom is 0.244 e. The van der Waals surface area contributed by atoms with E-state index in [1.165, 1.54) is 0 Å². The molecule has 134 valence electrons. The zero-order chi connectivity index (χ0) is 18.2. The lowest BCUT2D eigenvalue weighted by atomic mass is 10.2. The van der Waals surface area contributed by atoms with Gasteiger partial charge in [0.15, 0.2) is 0 Å². The summed E-state index contributed by atoms with van der Waals surface area (Å²) in [6.45, 7) is 4.14. The summed E-state index contributed by atoms with van der Waals surface area (Å²) in [5, 5.41) is 0. The van der Waals surface area contributed by atoms with Crippen LogP contribution in [0.3, 0.4) is 0 Å². The molecule has 0 bridgehead atoms. The maximum atomic E-state index is 13.5. The van der Waals surface area contributed by atoms with Crippen molar-refractivity contribution in [2.45, 2.75) is 44.2 Å². The van der Waals surface area contributed by atoms with Gasteiger partial charge in [-0.2, -0.15) is 4.31 Å². The fourth-order valence-corrected chi connectivity index (χ4v) is 5.68. The van der Waals surface area contributed by atoms with Crippen molar-refractivity contribution in [2.24, 2.45) is 5.92 Å². The highest BCUT2D eigenvalue weighted by molar-refractivity contribution is 9.10. The molecule has 1 aliphatic carbocycles. The molecule has 3 rings (SSSR count). The molecule has 0 amide bonds. The number of anilines is 1. The lowest BCUT2D eigenvalue weighted by molar-refractivity contribution is 0.303. The molecule has 1 aliphatic rings. The zero-order valence-electron chi connectivity index (χ0n) is 14.4. The third-order valence-electron chi connectivity index (χ3n) is 4.89. The molecule has 1 unspecified atom stereocenters. The van der Waals surface area contributed by atoms with Gasteiger partial charge in [0.25, 0.3) is 0 Å². The first-order chi connectivity index (χ1) is 11.8. The lowest BCUT2D eigenvalue weighted by Gasteiger charge is -2.29. The number of hydrogen-bond acceptors (Lipinski definition) is 3. The summed E-state index contributed by atoms with van der Waals surface area (Å²) in [5.74, 6) is 0.434. The Morgan fingerprint density at radius 2 is 1.88 bits per heavy atom. The molecule has 0 radical (unpaired) electrons. The van der Waals surface area contributed by atoms with Gasteiger partial charge in [-0.15, -0.1) is 0 Å². The average Bonchev–Trinajstić information content (AvgIpc) is 3.41. The van der Waals surface area contributed by atoms with Gasteiger partial charge in [-0.3, -0.25) is 0 Å². The van der Waals surface area contributed by atoms with Gasteiger partial charge in [-0.25, -0.2) is 8.42 Å². The number of nitrogens with zero attached hydrogens (tertiary/aromatic N) is 1. The van der Waals surface area contributed by atoms with E-state index in [0.717, 1.165) is 18.4 Å². The first-order valence-electron chi connectivity index (χ1n) is 8.42. The second kappa shape index (κ2) is 7.09. The minimum absolute atomic E-state index is 0.0372. The van der Waals surface area contributed by atoms with Crippen LogP contribution >= 0.6 is 15.9 Å². The molecular formula is C19H23BrN2O2S. The highest BCUT2D eigenvalue weighted by Crippen LogP contribution is 2.39. The van der Waals surface area contributed by atoms with Crippen LogP contribution in [0, 0.1) is 12.8 Å². The van der Waals surface area contributed by atoms with Gasteiger partial charge in [-0.05, 0) is 55.9 Å². The number of sulfonamides is 1. The highest BCUT2D eigenvalue weighted by atomic mass is 79.9. The van der Waals surface area contributed by atoms with E-state index >= 15 is 0 Å². The second-order valence-corrected chi connectivity index (χ2v) is 9.51. The van der Waals surface area contributed by atoms with Gasteiger partial charge >= 0.3 is 0 Å². The molecule has 1 atom stereocenters. The molecular weight excluding hydrogens is 400 g/mol. The third kappa shape index (κ3) is 3.91. The number of nitrogen functional groups attached to an aromatic ring is 1. The van der Waals surface area contributed by atoms with E-state index in [9.17, 15) is 8.42 Å². The third-order valence-corrected chi connectivity index (χ3v) is 7.41. The molecule has 1 fully saturated rings. The predicted molar refractivity (Wildman–Crippen MR) is 105 cm³/mol. The van der Waals surface area contributed by atoms with Crippen molar-refractivity contribution in [2.75, 3.05) is 5.73 Å². The molecule has 4 nitrogen and oxygen atoms in total.